The lowest BCUT2D eigenvalue weighted by Gasteiger charge is -2.39. The minimum Gasteiger partial charge on any atom is -0.497 e. The van der Waals surface area contributed by atoms with Gasteiger partial charge >= 0.3 is 5.97 Å². The number of aliphatic hydroxyl groups is 4. The summed E-state index contributed by atoms with van der Waals surface area (Å²) < 4.78 is 27.0. The molecule has 2 aliphatic rings. The molecule has 1 fully saturated rings. The van der Waals surface area contributed by atoms with Gasteiger partial charge in [-0.3, -0.25) is 0 Å². The summed E-state index contributed by atoms with van der Waals surface area (Å²) in [6.07, 6.45) is -5.54. The highest BCUT2D eigenvalue weighted by molar-refractivity contribution is 6.26. The first-order valence-corrected chi connectivity index (χ1v) is 10.1. The lowest BCUT2D eigenvalue weighted by Crippen LogP contribution is -2.60. The van der Waals surface area contributed by atoms with Crippen LogP contribution in [0.15, 0.2) is 36.4 Å². The summed E-state index contributed by atoms with van der Waals surface area (Å²) in [5, 5.41) is 39.4. The Kier molecular flexibility index (Phi) is 6.54. The highest BCUT2D eigenvalue weighted by atomic mass is 16.7. The van der Waals surface area contributed by atoms with Gasteiger partial charge in [-0.25, -0.2) is 4.79 Å². The monoisotopic (exact) mass is 460 g/mol. The van der Waals surface area contributed by atoms with Crippen LogP contribution in [-0.2, 0) is 9.53 Å². The van der Waals surface area contributed by atoms with Crippen molar-refractivity contribution in [3.8, 4) is 23.0 Å². The third-order valence-electron chi connectivity index (χ3n) is 5.48. The Hall–Kier alpha value is -3.15. The summed E-state index contributed by atoms with van der Waals surface area (Å²) in [6, 6.07) is 10.0. The molecule has 176 valence electrons. The highest BCUT2D eigenvalue weighted by Gasteiger charge is 2.45. The molecule has 0 bridgehead atoms. The molecule has 5 atom stereocenters. The van der Waals surface area contributed by atoms with Gasteiger partial charge < -0.3 is 44.1 Å². The molecule has 0 unspecified atom stereocenters. The van der Waals surface area contributed by atoms with E-state index in [4.69, 9.17) is 23.7 Å². The van der Waals surface area contributed by atoms with E-state index in [1.807, 2.05) is 0 Å². The number of carbonyl (C=O) groups is 1. The molecule has 0 saturated carbocycles. The van der Waals surface area contributed by atoms with Gasteiger partial charge in [0.05, 0.1) is 32.0 Å². The number of methoxy groups -OCH3 is 2. The number of rotatable bonds is 6. The Bertz CT molecular complexity index is 1050. The van der Waals surface area contributed by atoms with Crippen LogP contribution < -0.4 is 18.9 Å². The maximum Gasteiger partial charge on any atom is 0.344 e. The average molecular weight is 460 g/mol. The zero-order valence-electron chi connectivity index (χ0n) is 17.9. The van der Waals surface area contributed by atoms with Gasteiger partial charge in [0.1, 0.15) is 47.4 Å². The standard InChI is InChI=1S/C23H24O10/c1-29-12-5-3-11(4-6-12)7-14-18-15(30-2)8-13(9-16(18)32-22(14)28)31-23-21(27)20(26)19(25)17(10-24)33-23/h3-9,17,19-21,23-27H,10H2,1-2H3/t17-,19-,20+,21-,23-/m1/s1. The van der Waals surface area contributed by atoms with E-state index in [0.717, 1.165) is 5.56 Å². The molecule has 33 heavy (non-hydrogen) atoms. The first-order chi connectivity index (χ1) is 15.9. The fourth-order valence-electron chi connectivity index (χ4n) is 3.69. The molecular weight excluding hydrogens is 436 g/mol. The molecular formula is C23H24O10. The van der Waals surface area contributed by atoms with Gasteiger partial charge in [0.25, 0.3) is 0 Å². The molecule has 0 aromatic heterocycles. The largest absolute Gasteiger partial charge is 0.497 e. The quantitative estimate of drug-likeness (QED) is 0.271. The van der Waals surface area contributed by atoms with Crippen molar-refractivity contribution in [1.82, 2.24) is 0 Å². The molecule has 2 heterocycles. The number of esters is 1. The lowest BCUT2D eigenvalue weighted by molar-refractivity contribution is -0.277. The van der Waals surface area contributed by atoms with Crippen LogP contribution in [0.3, 0.4) is 0 Å². The van der Waals surface area contributed by atoms with Crippen LogP contribution in [0.5, 0.6) is 23.0 Å². The normalized spacial score (nSPS) is 27.8. The summed E-state index contributed by atoms with van der Waals surface area (Å²) in [5.74, 6) is 0.674. The molecule has 10 heteroatoms. The van der Waals surface area contributed by atoms with Crippen LogP contribution in [0.1, 0.15) is 11.1 Å². The van der Waals surface area contributed by atoms with Crippen LogP contribution in [0.25, 0.3) is 11.6 Å². The smallest absolute Gasteiger partial charge is 0.344 e. The molecule has 2 aliphatic heterocycles. The summed E-state index contributed by atoms with van der Waals surface area (Å²) in [5.41, 5.74) is 1.46. The Morgan fingerprint density at radius 2 is 1.70 bits per heavy atom. The zero-order valence-corrected chi connectivity index (χ0v) is 17.9. The van der Waals surface area contributed by atoms with Crippen molar-refractivity contribution in [2.24, 2.45) is 0 Å². The topological polar surface area (TPSA) is 144 Å². The van der Waals surface area contributed by atoms with Crippen molar-refractivity contribution in [3.63, 3.8) is 0 Å². The van der Waals surface area contributed by atoms with E-state index in [0.29, 0.717) is 11.3 Å². The minimum absolute atomic E-state index is 0.119. The number of hydrogen-bond donors (Lipinski definition) is 4. The van der Waals surface area contributed by atoms with E-state index in [9.17, 15) is 25.2 Å². The number of fused-ring (bicyclic) bond motifs is 1. The second-order valence-electron chi connectivity index (χ2n) is 7.53. The Balaban J connectivity index is 1.64. The third-order valence-corrected chi connectivity index (χ3v) is 5.48. The van der Waals surface area contributed by atoms with Gasteiger partial charge in [-0.15, -0.1) is 0 Å². The Morgan fingerprint density at radius 3 is 2.33 bits per heavy atom. The van der Waals surface area contributed by atoms with Crippen LogP contribution in [0.2, 0.25) is 0 Å². The molecule has 0 amide bonds. The van der Waals surface area contributed by atoms with Gasteiger partial charge in [-0.1, -0.05) is 12.1 Å². The highest BCUT2D eigenvalue weighted by Crippen LogP contribution is 2.45. The minimum atomic E-state index is -1.59. The molecule has 2 aromatic carbocycles. The number of ether oxygens (including phenoxy) is 5. The van der Waals surface area contributed by atoms with E-state index >= 15 is 0 Å². The van der Waals surface area contributed by atoms with Crippen molar-refractivity contribution in [1.29, 1.82) is 0 Å². The fraction of sp³-hybridized carbons (Fsp3) is 0.348. The van der Waals surface area contributed by atoms with Crippen LogP contribution in [-0.4, -0.2) is 77.9 Å². The van der Waals surface area contributed by atoms with E-state index in [1.165, 1.54) is 19.2 Å². The Labute approximate surface area is 189 Å². The number of hydrogen-bond acceptors (Lipinski definition) is 10. The van der Waals surface area contributed by atoms with Crippen molar-refractivity contribution in [2.45, 2.75) is 30.7 Å². The lowest BCUT2D eigenvalue weighted by atomic mass is 9.99. The van der Waals surface area contributed by atoms with Crippen molar-refractivity contribution >= 4 is 17.6 Å². The second-order valence-corrected chi connectivity index (χ2v) is 7.53. The summed E-state index contributed by atoms with van der Waals surface area (Å²) >= 11 is 0. The van der Waals surface area contributed by atoms with Gasteiger partial charge in [-0.2, -0.15) is 0 Å². The van der Waals surface area contributed by atoms with Crippen LogP contribution in [0.4, 0.5) is 0 Å². The summed E-state index contributed by atoms with van der Waals surface area (Å²) in [4.78, 5) is 12.6. The fourth-order valence-corrected chi connectivity index (χ4v) is 3.69. The maximum absolute atomic E-state index is 12.6. The van der Waals surface area contributed by atoms with Crippen molar-refractivity contribution in [2.75, 3.05) is 20.8 Å². The van der Waals surface area contributed by atoms with Crippen LogP contribution in [0, 0.1) is 0 Å². The molecule has 2 aromatic rings. The zero-order chi connectivity index (χ0) is 23.7. The van der Waals surface area contributed by atoms with Gasteiger partial charge in [0, 0.05) is 12.1 Å². The molecule has 1 saturated heterocycles. The molecule has 4 rings (SSSR count). The first-order valence-electron chi connectivity index (χ1n) is 10.1. The van der Waals surface area contributed by atoms with E-state index < -0.39 is 43.3 Å². The molecule has 0 aliphatic carbocycles. The number of carbonyl (C=O) groups excluding carboxylic acids is 1. The molecule has 0 radical (unpaired) electrons. The van der Waals surface area contributed by atoms with Crippen molar-refractivity contribution in [3.05, 3.63) is 47.5 Å². The van der Waals surface area contributed by atoms with Crippen LogP contribution >= 0.6 is 0 Å². The SMILES string of the molecule is COc1ccc(C=C2C(=O)Oc3cc(O[C@@H]4O[C@H](CO)[C@@H](O)[C@H](O)[C@H]4O)cc(OC)c32)cc1. The molecule has 10 nitrogen and oxygen atoms in total. The van der Waals surface area contributed by atoms with E-state index in [2.05, 4.69) is 0 Å². The average Bonchev–Trinajstić information content (AvgIpc) is 3.14. The molecule has 0 spiro atoms. The van der Waals surface area contributed by atoms with E-state index in [-0.39, 0.29) is 22.8 Å². The van der Waals surface area contributed by atoms with Crippen molar-refractivity contribution < 1.29 is 48.9 Å². The first kappa shape index (κ1) is 23.0. The number of benzene rings is 2. The number of aliphatic hydroxyl groups excluding tert-OH is 4. The maximum atomic E-state index is 12.6. The van der Waals surface area contributed by atoms with Gasteiger partial charge in [-0.05, 0) is 23.8 Å². The predicted octanol–water partition coefficient (Wildman–Crippen LogP) is 0.342. The predicted molar refractivity (Wildman–Crippen MR) is 114 cm³/mol. The summed E-state index contributed by atoms with van der Waals surface area (Å²) in [6.45, 7) is -0.588. The molecule has 4 N–H and O–H groups in total. The summed E-state index contributed by atoms with van der Waals surface area (Å²) in [7, 11) is 2.98. The van der Waals surface area contributed by atoms with Gasteiger partial charge in [0.15, 0.2) is 0 Å². The van der Waals surface area contributed by atoms with E-state index in [1.54, 1.807) is 37.5 Å². The third kappa shape index (κ3) is 4.39. The van der Waals surface area contributed by atoms with Gasteiger partial charge in [0.2, 0.25) is 6.29 Å². The second kappa shape index (κ2) is 9.38. The Morgan fingerprint density at radius 1 is 0.970 bits per heavy atom.